The third kappa shape index (κ3) is 6.98. The van der Waals surface area contributed by atoms with Gasteiger partial charge in [-0.2, -0.15) is 0 Å². The van der Waals surface area contributed by atoms with Gasteiger partial charge in [0.2, 0.25) is 0 Å². The summed E-state index contributed by atoms with van der Waals surface area (Å²) in [7, 11) is 0. The van der Waals surface area contributed by atoms with Crippen molar-refractivity contribution < 1.29 is 0 Å². The highest BCUT2D eigenvalue weighted by Crippen LogP contribution is 2.21. The summed E-state index contributed by atoms with van der Waals surface area (Å²) in [5, 5.41) is 0. The minimum absolute atomic E-state index is 0.503. The maximum absolute atomic E-state index is 5.78. The van der Waals surface area contributed by atoms with Gasteiger partial charge < -0.3 is 11.5 Å². The smallest absolute Gasteiger partial charge is 0.0316 e. The first-order valence-electron chi connectivity index (χ1n) is 6.50. The van der Waals surface area contributed by atoms with Crippen molar-refractivity contribution in [1.82, 2.24) is 0 Å². The van der Waals surface area contributed by atoms with E-state index >= 15 is 0 Å². The van der Waals surface area contributed by atoms with Crippen LogP contribution >= 0.6 is 0 Å². The molecular formula is C16H26N2. The van der Waals surface area contributed by atoms with Crippen LogP contribution in [0.15, 0.2) is 24.3 Å². The van der Waals surface area contributed by atoms with E-state index in [2.05, 4.69) is 19.8 Å². The Kier molecular flexibility index (Phi) is 8.78. The van der Waals surface area contributed by atoms with Crippen LogP contribution in [0.1, 0.15) is 38.2 Å². The van der Waals surface area contributed by atoms with E-state index < -0.39 is 0 Å². The zero-order valence-electron chi connectivity index (χ0n) is 11.6. The van der Waals surface area contributed by atoms with Crippen molar-refractivity contribution in [3.05, 3.63) is 29.8 Å². The van der Waals surface area contributed by atoms with Gasteiger partial charge in [0.15, 0.2) is 0 Å². The average Bonchev–Trinajstić information content (AvgIpc) is 2.36. The van der Waals surface area contributed by atoms with Crippen LogP contribution in [0.5, 0.6) is 0 Å². The van der Waals surface area contributed by atoms with E-state index in [-0.39, 0.29) is 0 Å². The normalized spacial score (nSPS) is 21.8. The van der Waals surface area contributed by atoms with Crippen LogP contribution in [0.3, 0.4) is 0 Å². The summed E-state index contributed by atoms with van der Waals surface area (Å²) < 4.78 is 0. The molecule has 2 atom stereocenters. The summed E-state index contributed by atoms with van der Waals surface area (Å²) in [6, 6.07) is 8.30. The molecule has 1 aromatic rings. The molecule has 2 nitrogen and oxygen atoms in total. The van der Waals surface area contributed by atoms with Crippen LogP contribution in [0, 0.1) is 25.7 Å². The van der Waals surface area contributed by atoms with Gasteiger partial charge in [-0.3, -0.25) is 0 Å². The van der Waals surface area contributed by atoms with Gasteiger partial charge in [0.1, 0.15) is 0 Å². The Morgan fingerprint density at radius 2 is 1.78 bits per heavy atom. The number of aryl methyl sites for hydroxylation is 1. The molecule has 0 saturated heterocycles. The summed E-state index contributed by atoms with van der Waals surface area (Å²) in [5.74, 6) is 0.781. The zero-order valence-corrected chi connectivity index (χ0v) is 11.6. The van der Waals surface area contributed by atoms with Gasteiger partial charge in [0, 0.05) is 11.7 Å². The molecular weight excluding hydrogens is 220 g/mol. The third-order valence-electron chi connectivity index (χ3n) is 3.22. The van der Waals surface area contributed by atoms with Crippen LogP contribution in [0.25, 0.3) is 0 Å². The first-order valence-corrected chi connectivity index (χ1v) is 6.50. The van der Waals surface area contributed by atoms with E-state index in [0.29, 0.717) is 6.04 Å². The van der Waals surface area contributed by atoms with Gasteiger partial charge in [0.05, 0.1) is 0 Å². The van der Waals surface area contributed by atoms with E-state index in [1.807, 2.05) is 31.2 Å². The summed E-state index contributed by atoms with van der Waals surface area (Å²) in [5.41, 5.74) is 13.3. The molecule has 0 aromatic heterocycles. The molecule has 1 saturated carbocycles. The van der Waals surface area contributed by atoms with Crippen LogP contribution in [-0.4, -0.2) is 6.04 Å². The van der Waals surface area contributed by atoms with E-state index in [0.717, 1.165) is 11.6 Å². The van der Waals surface area contributed by atoms with Crippen molar-refractivity contribution in [2.75, 3.05) is 5.73 Å². The topological polar surface area (TPSA) is 52.0 Å². The lowest BCUT2D eigenvalue weighted by molar-refractivity contribution is 0.331. The number of rotatable bonds is 0. The van der Waals surface area contributed by atoms with Gasteiger partial charge >= 0.3 is 0 Å². The molecule has 1 aliphatic rings. The number of benzene rings is 1. The highest BCUT2D eigenvalue weighted by Gasteiger charge is 2.15. The molecule has 2 heteroatoms. The van der Waals surface area contributed by atoms with Gasteiger partial charge in [-0.05, 0) is 43.4 Å². The molecule has 0 heterocycles. The van der Waals surface area contributed by atoms with Crippen molar-refractivity contribution >= 4 is 5.69 Å². The Bertz CT molecular complexity index is 317. The largest absolute Gasteiger partial charge is 0.399 e. The Balaban J connectivity index is 0.000000283. The second-order valence-corrected chi connectivity index (χ2v) is 4.84. The van der Waals surface area contributed by atoms with Gasteiger partial charge in [-0.1, -0.05) is 31.9 Å². The van der Waals surface area contributed by atoms with E-state index in [9.17, 15) is 0 Å². The molecule has 1 aliphatic carbocycles. The van der Waals surface area contributed by atoms with E-state index in [1.165, 1.54) is 31.2 Å². The fourth-order valence-electron chi connectivity index (χ4n) is 2.02. The van der Waals surface area contributed by atoms with Crippen molar-refractivity contribution in [3.63, 3.8) is 0 Å². The molecule has 4 N–H and O–H groups in total. The van der Waals surface area contributed by atoms with Gasteiger partial charge in [-0.15, -0.1) is 12.8 Å². The second kappa shape index (κ2) is 9.56. The fraction of sp³-hybridized carbons (Fsp3) is 0.500. The Morgan fingerprint density at radius 1 is 1.17 bits per heavy atom. The maximum atomic E-state index is 5.78. The molecule has 0 radical (unpaired) electrons. The molecule has 0 bridgehead atoms. The average molecular weight is 246 g/mol. The van der Waals surface area contributed by atoms with Gasteiger partial charge in [0.25, 0.3) is 0 Å². The summed E-state index contributed by atoms with van der Waals surface area (Å²) >= 11 is 0. The van der Waals surface area contributed by atoms with Crippen molar-refractivity contribution in [3.8, 4) is 12.8 Å². The zero-order chi connectivity index (χ0) is 14.0. The molecule has 18 heavy (non-hydrogen) atoms. The van der Waals surface area contributed by atoms with E-state index in [1.54, 1.807) is 0 Å². The van der Waals surface area contributed by atoms with Crippen molar-refractivity contribution in [2.24, 2.45) is 11.7 Å². The fourth-order valence-corrected chi connectivity index (χ4v) is 2.02. The number of nitrogens with two attached hydrogens (primary N) is 2. The first kappa shape index (κ1) is 16.5. The Morgan fingerprint density at radius 3 is 2.11 bits per heavy atom. The molecule has 2 rings (SSSR count). The highest BCUT2D eigenvalue weighted by molar-refractivity contribution is 5.39. The number of nitrogen functional groups attached to an aromatic ring is 1. The first-order chi connectivity index (χ1) is 8.59. The maximum Gasteiger partial charge on any atom is 0.0316 e. The number of hydrogen-bond acceptors (Lipinski definition) is 2. The van der Waals surface area contributed by atoms with Crippen molar-refractivity contribution in [2.45, 2.75) is 45.6 Å². The highest BCUT2D eigenvalue weighted by atomic mass is 14.6. The monoisotopic (exact) mass is 246 g/mol. The minimum Gasteiger partial charge on any atom is -0.399 e. The Labute approximate surface area is 112 Å². The minimum atomic E-state index is 0.503. The number of hydrogen-bond donors (Lipinski definition) is 2. The van der Waals surface area contributed by atoms with Crippen LogP contribution < -0.4 is 11.5 Å². The lowest BCUT2D eigenvalue weighted by Crippen LogP contribution is -2.30. The molecule has 2 unspecified atom stereocenters. The standard InChI is InChI=1S/C7H9N.C7H15N.C2H2/c1-6-3-2-4-7(8)5-6;1-6-4-2-3-5-7(6)8;1-2/h2-5H,8H2,1H3;6-7H,2-5,8H2,1H3;1-2H. The molecule has 0 spiro atoms. The number of terminal acetylenes is 1. The quantitative estimate of drug-likeness (QED) is 0.545. The summed E-state index contributed by atoms with van der Waals surface area (Å²) in [4.78, 5) is 0. The van der Waals surface area contributed by atoms with Crippen LogP contribution in [0.4, 0.5) is 5.69 Å². The SMILES string of the molecule is C#C.CC1CCCCC1N.Cc1cccc(N)c1. The lowest BCUT2D eigenvalue weighted by Gasteiger charge is -2.24. The predicted molar refractivity (Wildman–Crippen MR) is 81.1 cm³/mol. The lowest BCUT2D eigenvalue weighted by atomic mass is 9.87. The molecule has 1 aromatic carbocycles. The molecule has 1 fully saturated rings. The molecule has 100 valence electrons. The van der Waals surface area contributed by atoms with Crippen molar-refractivity contribution in [1.29, 1.82) is 0 Å². The summed E-state index contributed by atoms with van der Waals surface area (Å²) in [6.07, 6.45) is 13.3. The molecule has 0 amide bonds. The van der Waals surface area contributed by atoms with Crippen LogP contribution in [0.2, 0.25) is 0 Å². The van der Waals surface area contributed by atoms with E-state index in [4.69, 9.17) is 11.5 Å². The van der Waals surface area contributed by atoms with Gasteiger partial charge in [-0.25, -0.2) is 0 Å². The summed E-state index contributed by atoms with van der Waals surface area (Å²) in [6.45, 7) is 4.28. The third-order valence-corrected chi connectivity index (χ3v) is 3.22. The van der Waals surface area contributed by atoms with Crippen LogP contribution in [-0.2, 0) is 0 Å². The number of anilines is 1. The predicted octanol–water partition coefficient (Wildman–Crippen LogP) is 3.35. The molecule has 0 aliphatic heterocycles. The Hall–Kier alpha value is -1.46. The second-order valence-electron chi connectivity index (χ2n) is 4.84.